The average Bonchev–Trinajstić information content (AvgIpc) is 2.53. The van der Waals surface area contributed by atoms with Crippen LogP contribution in [-0.2, 0) is 6.54 Å². The van der Waals surface area contributed by atoms with Gasteiger partial charge in [0, 0.05) is 25.3 Å². The first-order chi connectivity index (χ1) is 10.3. The summed E-state index contributed by atoms with van der Waals surface area (Å²) in [4.78, 5) is 7.46. The van der Waals surface area contributed by atoms with Crippen LogP contribution in [0.2, 0.25) is 0 Å². The fraction of sp³-hybridized carbons (Fsp3) is 0.722. The Bertz CT molecular complexity index is 470. The van der Waals surface area contributed by atoms with Gasteiger partial charge in [-0.3, -0.25) is 0 Å². The molecule has 2 fully saturated rings. The molecule has 3 nitrogen and oxygen atoms in total. The number of nitrogens with one attached hydrogen (secondary N) is 1. The molecular formula is C18H29N3. The predicted molar refractivity (Wildman–Crippen MR) is 88.7 cm³/mol. The van der Waals surface area contributed by atoms with E-state index in [1.807, 2.05) is 0 Å². The number of piperidine rings is 1. The molecule has 2 atom stereocenters. The van der Waals surface area contributed by atoms with Gasteiger partial charge in [-0.15, -0.1) is 0 Å². The van der Waals surface area contributed by atoms with Crippen LogP contribution in [0, 0.1) is 12.8 Å². The van der Waals surface area contributed by atoms with E-state index in [1.165, 1.54) is 62.0 Å². The fourth-order valence-electron chi connectivity index (χ4n) is 4.18. The summed E-state index contributed by atoms with van der Waals surface area (Å²) in [7, 11) is 0. The number of hydrogen-bond donors (Lipinski definition) is 1. The highest BCUT2D eigenvalue weighted by molar-refractivity contribution is 5.49. The molecule has 1 aliphatic carbocycles. The Morgan fingerprint density at radius 2 is 2.05 bits per heavy atom. The van der Waals surface area contributed by atoms with Crippen LogP contribution in [0.4, 0.5) is 5.82 Å². The second-order valence-corrected chi connectivity index (χ2v) is 6.71. The van der Waals surface area contributed by atoms with Crippen LogP contribution in [-0.4, -0.2) is 24.1 Å². The van der Waals surface area contributed by atoms with E-state index in [-0.39, 0.29) is 0 Å². The molecule has 116 valence electrons. The number of nitrogens with zero attached hydrogens (tertiary/aromatic N) is 2. The first kappa shape index (κ1) is 14.8. The van der Waals surface area contributed by atoms with E-state index in [4.69, 9.17) is 4.98 Å². The number of rotatable bonds is 4. The molecule has 1 aromatic heterocycles. The van der Waals surface area contributed by atoms with E-state index in [0.29, 0.717) is 0 Å². The minimum absolute atomic E-state index is 0.748. The van der Waals surface area contributed by atoms with E-state index in [1.54, 1.807) is 0 Å². The van der Waals surface area contributed by atoms with Gasteiger partial charge < -0.3 is 10.2 Å². The SMILES string of the molecule is CCNCc1cnc(N2CCCC3CCCCC32)c(C)c1. The van der Waals surface area contributed by atoms with Crippen molar-refractivity contribution in [3.63, 3.8) is 0 Å². The molecule has 1 saturated carbocycles. The number of fused-ring (bicyclic) bond motifs is 1. The van der Waals surface area contributed by atoms with Gasteiger partial charge in [-0.25, -0.2) is 4.98 Å². The van der Waals surface area contributed by atoms with Crippen LogP contribution in [0.5, 0.6) is 0 Å². The van der Waals surface area contributed by atoms with Crippen molar-refractivity contribution in [2.75, 3.05) is 18.0 Å². The summed E-state index contributed by atoms with van der Waals surface area (Å²) in [6.07, 6.45) is 10.5. The van der Waals surface area contributed by atoms with Gasteiger partial charge in [-0.1, -0.05) is 19.8 Å². The predicted octanol–water partition coefficient (Wildman–Crippen LogP) is 3.66. The average molecular weight is 287 g/mol. The van der Waals surface area contributed by atoms with Gasteiger partial charge in [0.2, 0.25) is 0 Å². The standard InChI is InChI=1S/C18H29N3/c1-3-19-12-15-11-14(2)18(20-13-15)21-10-6-8-16-7-4-5-9-17(16)21/h11,13,16-17,19H,3-10,12H2,1-2H3. The van der Waals surface area contributed by atoms with E-state index in [9.17, 15) is 0 Å². The molecule has 0 aromatic carbocycles. The molecule has 2 aliphatic rings. The van der Waals surface area contributed by atoms with Crippen molar-refractivity contribution < 1.29 is 0 Å². The monoisotopic (exact) mass is 287 g/mol. The summed E-state index contributed by atoms with van der Waals surface area (Å²) >= 11 is 0. The van der Waals surface area contributed by atoms with E-state index >= 15 is 0 Å². The van der Waals surface area contributed by atoms with Gasteiger partial charge >= 0.3 is 0 Å². The molecule has 0 bridgehead atoms. The second-order valence-electron chi connectivity index (χ2n) is 6.71. The lowest BCUT2D eigenvalue weighted by Crippen LogP contribution is -2.47. The van der Waals surface area contributed by atoms with Crippen LogP contribution >= 0.6 is 0 Å². The van der Waals surface area contributed by atoms with Gasteiger partial charge in [0.05, 0.1) is 0 Å². The van der Waals surface area contributed by atoms with Gasteiger partial charge in [-0.05, 0) is 62.3 Å². The summed E-state index contributed by atoms with van der Waals surface area (Å²) in [6.45, 7) is 7.50. The zero-order valence-corrected chi connectivity index (χ0v) is 13.6. The number of anilines is 1. The highest BCUT2D eigenvalue weighted by Crippen LogP contribution is 2.37. The van der Waals surface area contributed by atoms with E-state index < -0.39 is 0 Å². The Hall–Kier alpha value is -1.09. The van der Waals surface area contributed by atoms with Crippen LogP contribution in [0.3, 0.4) is 0 Å². The van der Waals surface area contributed by atoms with Crippen LogP contribution in [0.1, 0.15) is 56.6 Å². The molecule has 1 saturated heterocycles. The highest BCUT2D eigenvalue weighted by atomic mass is 15.2. The lowest BCUT2D eigenvalue weighted by molar-refractivity contribution is 0.242. The molecule has 1 N–H and O–H groups in total. The third-order valence-electron chi connectivity index (χ3n) is 5.20. The van der Waals surface area contributed by atoms with Crippen LogP contribution in [0.25, 0.3) is 0 Å². The largest absolute Gasteiger partial charge is 0.353 e. The minimum Gasteiger partial charge on any atom is -0.353 e. The summed E-state index contributed by atoms with van der Waals surface area (Å²) in [5, 5.41) is 3.38. The van der Waals surface area contributed by atoms with Crippen molar-refractivity contribution in [1.82, 2.24) is 10.3 Å². The Morgan fingerprint density at radius 1 is 1.24 bits per heavy atom. The molecule has 0 amide bonds. The van der Waals surface area contributed by atoms with E-state index in [0.717, 1.165) is 25.0 Å². The van der Waals surface area contributed by atoms with E-state index in [2.05, 4.69) is 36.3 Å². The Morgan fingerprint density at radius 3 is 2.86 bits per heavy atom. The molecule has 3 rings (SSSR count). The molecule has 2 heterocycles. The third kappa shape index (κ3) is 3.23. The Kier molecular flexibility index (Phi) is 4.79. The van der Waals surface area contributed by atoms with Gasteiger partial charge in [0.15, 0.2) is 0 Å². The lowest BCUT2D eigenvalue weighted by Gasteiger charge is -2.45. The van der Waals surface area contributed by atoms with Crippen molar-refractivity contribution in [2.45, 2.75) is 65.0 Å². The summed E-state index contributed by atoms with van der Waals surface area (Å²) < 4.78 is 0. The van der Waals surface area contributed by atoms with Crippen molar-refractivity contribution in [2.24, 2.45) is 5.92 Å². The molecule has 21 heavy (non-hydrogen) atoms. The van der Waals surface area contributed by atoms with Crippen molar-refractivity contribution >= 4 is 5.82 Å². The van der Waals surface area contributed by atoms with Gasteiger partial charge in [0.1, 0.15) is 5.82 Å². The lowest BCUT2D eigenvalue weighted by atomic mass is 9.78. The number of pyridine rings is 1. The Labute approximate surface area is 129 Å². The normalized spacial score (nSPS) is 25.7. The topological polar surface area (TPSA) is 28.2 Å². The number of aryl methyl sites for hydroxylation is 1. The quantitative estimate of drug-likeness (QED) is 0.916. The zero-order chi connectivity index (χ0) is 14.7. The van der Waals surface area contributed by atoms with Crippen molar-refractivity contribution in [1.29, 1.82) is 0 Å². The molecule has 1 aliphatic heterocycles. The summed E-state index contributed by atoms with van der Waals surface area (Å²) in [5.41, 5.74) is 2.65. The highest BCUT2D eigenvalue weighted by Gasteiger charge is 2.34. The minimum atomic E-state index is 0.748. The maximum atomic E-state index is 4.83. The molecule has 3 heteroatoms. The Balaban J connectivity index is 1.78. The maximum absolute atomic E-state index is 4.83. The summed E-state index contributed by atoms with van der Waals surface area (Å²) in [5.74, 6) is 2.15. The summed E-state index contributed by atoms with van der Waals surface area (Å²) in [6, 6.07) is 3.07. The van der Waals surface area contributed by atoms with Crippen LogP contribution in [0.15, 0.2) is 12.3 Å². The second kappa shape index (κ2) is 6.78. The van der Waals surface area contributed by atoms with Crippen molar-refractivity contribution in [3.05, 3.63) is 23.4 Å². The van der Waals surface area contributed by atoms with Crippen molar-refractivity contribution in [3.8, 4) is 0 Å². The fourth-order valence-corrected chi connectivity index (χ4v) is 4.18. The third-order valence-corrected chi connectivity index (χ3v) is 5.20. The smallest absolute Gasteiger partial charge is 0.131 e. The van der Waals surface area contributed by atoms with Gasteiger partial charge in [0.25, 0.3) is 0 Å². The molecule has 1 aromatic rings. The molecular weight excluding hydrogens is 258 g/mol. The first-order valence-electron chi connectivity index (χ1n) is 8.72. The van der Waals surface area contributed by atoms with Crippen LogP contribution < -0.4 is 10.2 Å². The zero-order valence-electron chi connectivity index (χ0n) is 13.6. The molecule has 0 spiro atoms. The number of aromatic nitrogens is 1. The first-order valence-corrected chi connectivity index (χ1v) is 8.72. The number of hydrogen-bond acceptors (Lipinski definition) is 3. The maximum Gasteiger partial charge on any atom is 0.131 e. The molecule has 0 radical (unpaired) electrons. The van der Waals surface area contributed by atoms with Gasteiger partial charge in [-0.2, -0.15) is 0 Å². The molecule has 2 unspecified atom stereocenters.